The first-order valence-electron chi connectivity index (χ1n) is 10.5. The van der Waals surface area contributed by atoms with Crippen molar-refractivity contribution in [2.24, 2.45) is 0 Å². The molecule has 0 spiro atoms. The normalized spacial score (nSPS) is 11.1. The van der Waals surface area contributed by atoms with Crippen molar-refractivity contribution in [2.45, 2.75) is 76.0 Å². The number of benzene rings is 2. The van der Waals surface area contributed by atoms with Crippen LogP contribution in [0.15, 0.2) is 47.4 Å². The van der Waals surface area contributed by atoms with Crippen LogP contribution in [0.2, 0.25) is 0 Å². The zero-order valence-corrected chi connectivity index (χ0v) is 22.0. The summed E-state index contributed by atoms with van der Waals surface area (Å²) in [7, 11) is -4.39. The van der Waals surface area contributed by atoms with Crippen molar-refractivity contribution in [3.05, 3.63) is 48.0 Å². The van der Waals surface area contributed by atoms with E-state index < -0.39 is 15.9 Å². The molecule has 2 rings (SSSR count). The van der Waals surface area contributed by atoms with Gasteiger partial charge in [-0.3, -0.25) is 4.55 Å². The summed E-state index contributed by atoms with van der Waals surface area (Å²) in [6.45, 7) is 2.23. The van der Waals surface area contributed by atoms with E-state index >= 15 is 0 Å². The Morgan fingerprint density at radius 3 is 2.10 bits per heavy atom. The van der Waals surface area contributed by atoms with Gasteiger partial charge < -0.3 is 9.84 Å². The molecule has 0 amide bonds. The topological polar surface area (TPSA) is 86.7 Å². The fourth-order valence-corrected chi connectivity index (χ4v) is 3.78. The van der Waals surface area contributed by atoms with Gasteiger partial charge >= 0.3 is 51.4 Å². The molecule has 160 valence electrons. The minimum absolute atomic E-state index is 0. The molecule has 1 N–H and O–H groups in total. The Morgan fingerprint density at radius 2 is 1.47 bits per heavy atom. The average Bonchev–Trinajstić information content (AvgIpc) is 2.68. The molecule has 2 aromatic carbocycles. The second kappa shape index (κ2) is 14.6. The second-order valence-electron chi connectivity index (χ2n) is 7.37. The number of hydrogen-bond donors (Lipinski definition) is 1. The van der Waals surface area contributed by atoms with Gasteiger partial charge in [0, 0.05) is 6.07 Å². The molecular formula is C23H31KO5S. The van der Waals surface area contributed by atoms with E-state index in [9.17, 15) is 18.1 Å². The molecule has 0 aromatic heterocycles. The number of aryl methyl sites for hydroxylation is 1. The Labute approximate surface area is 223 Å². The summed E-state index contributed by atoms with van der Waals surface area (Å²) in [5.74, 6) is -0.00779. The molecule has 2 aromatic rings. The van der Waals surface area contributed by atoms with E-state index in [1.807, 2.05) is 18.2 Å². The van der Waals surface area contributed by atoms with Gasteiger partial charge in [-0.2, -0.15) is 8.42 Å². The third-order valence-corrected chi connectivity index (χ3v) is 5.80. The van der Waals surface area contributed by atoms with Crippen LogP contribution in [0, 0.1) is 0 Å². The van der Waals surface area contributed by atoms with Crippen LogP contribution < -0.4 is 61.2 Å². The Bertz CT molecular complexity index is 868. The third kappa shape index (κ3) is 9.81. The summed E-state index contributed by atoms with van der Waals surface area (Å²) in [5, 5.41) is 12.0. The van der Waals surface area contributed by atoms with Gasteiger partial charge in [0.05, 0.1) is 4.90 Å². The van der Waals surface area contributed by atoms with Gasteiger partial charge in [-0.25, -0.2) is 0 Å². The van der Waals surface area contributed by atoms with E-state index in [-0.39, 0.29) is 62.0 Å². The van der Waals surface area contributed by atoms with E-state index in [0.29, 0.717) is 5.75 Å². The Kier molecular flexibility index (Phi) is 13.5. The van der Waals surface area contributed by atoms with Crippen molar-refractivity contribution in [1.29, 1.82) is 0 Å². The van der Waals surface area contributed by atoms with E-state index in [0.717, 1.165) is 43.0 Å². The van der Waals surface area contributed by atoms with Crippen LogP contribution in [0.4, 0.5) is 0 Å². The molecule has 0 saturated heterocycles. The van der Waals surface area contributed by atoms with Crippen LogP contribution in [0.1, 0.15) is 70.3 Å². The number of ether oxygens (including phenoxy) is 1. The minimum Gasteiger partial charge on any atom is -0.870 e. The second-order valence-corrected chi connectivity index (χ2v) is 8.79. The molecule has 0 radical (unpaired) electrons. The van der Waals surface area contributed by atoms with Crippen molar-refractivity contribution in [3.8, 4) is 17.2 Å². The molecule has 0 bridgehead atoms. The molecule has 0 unspecified atom stereocenters. The SMILES string of the molecule is CCCCCCCCCCCc1ccccc1Oc1cc(S(=O)(=O)O)ccc1[O-].[K+]. The van der Waals surface area contributed by atoms with Crippen LogP contribution >= 0.6 is 0 Å². The number of unbranched alkanes of at least 4 members (excludes halogenated alkanes) is 8. The van der Waals surface area contributed by atoms with Crippen molar-refractivity contribution in [1.82, 2.24) is 0 Å². The summed E-state index contributed by atoms with van der Waals surface area (Å²) >= 11 is 0. The van der Waals surface area contributed by atoms with Crippen molar-refractivity contribution >= 4 is 10.1 Å². The maximum Gasteiger partial charge on any atom is 1.00 e. The molecule has 0 aliphatic rings. The molecular weight excluding hydrogens is 427 g/mol. The van der Waals surface area contributed by atoms with Gasteiger partial charge in [0.25, 0.3) is 10.1 Å². The van der Waals surface area contributed by atoms with E-state index in [4.69, 9.17) is 4.74 Å². The molecule has 0 fully saturated rings. The van der Waals surface area contributed by atoms with Crippen LogP contribution in [-0.2, 0) is 16.5 Å². The summed E-state index contributed by atoms with van der Waals surface area (Å²) < 4.78 is 37.5. The van der Waals surface area contributed by atoms with Crippen molar-refractivity contribution in [2.75, 3.05) is 0 Å². The first-order valence-corrected chi connectivity index (χ1v) is 11.9. The zero-order chi connectivity index (χ0) is 21.1. The fraction of sp³-hybridized carbons (Fsp3) is 0.478. The maximum atomic E-state index is 12.0. The summed E-state index contributed by atoms with van der Waals surface area (Å²) in [4.78, 5) is -0.358. The van der Waals surface area contributed by atoms with E-state index in [2.05, 4.69) is 6.92 Å². The van der Waals surface area contributed by atoms with Crippen LogP contribution in [0.25, 0.3) is 0 Å². The molecule has 5 nitrogen and oxygen atoms in total. The first-order chi connectivity index (χ1) is 13.9. The van der Waals surface area contributed by atoms with E-state index in [1.54, 1.807) is 6.07 Å². The molecule has 30 heavy (non-hydrogen) atoms. The Balaban J connectivity index is 0.00000450. The predicted octanol–water partition coefficient (Wildman–Crippen LogP) is 2.88. The Hall–Kier alpha value is -0.414. The predicted molar refractivity (Wildman–Crippen MR) is 113 cm³/mol. The number of hydrogen-bond acceptors (Lipinski definition) is 4. The average molecular weight is 459 g/mol. The number of rotatable bonds is 13. The fourth-order valence-electron chi connectivity index (χ4n) is 3.28. The van der Waals surface area contributed by atoms with Crippen LogP contribution in [0.3, 0.4) is 0 Å². The quantitative estimate of drug-likeness (QED) is 0.283. The molecule has 0 aliphatic heterocycles. The molecule has 0 saturated carbocycles. The third-order valence-electron chi connectivity index (χ3n) is 4.96. The van der Waals surface area contributed by atoms with Crippen molar-refractivity contribution < 1.29 is 74.2 Å². The summed E-state index contributed by atoms with van der Waals surface area (Å²) in [5.41, 5.74) is 0.979. The van der Waals surface area contributed by atoms with Gasteiger partial charge in [-0.1, -0.05) is 88.3 Å². The minimum atomic E-state index is -4.39. The van der Waals surface area contributed by atoms with Gasteiger partial charge in [0.1, 0.15) is 11.5 Å². The largest absolute Gasteiger partial charge is 1.00 e. The monoisotopic (exact) mass is 458 g/mol. The Morgan fingerprint density at radius 1 is 0.867 bits per heavy atom. The van der Waals surface area contributed by atoms with Gasteiger partial charge in [0.2, 0.25) is 0 Å². The molecule has 0 heterocycles. The standard InChI is InChI=1S/C23H32O5S.K/c1-2-3-4-5-6-7-8-9-10-13-19-14-11-12-15-22(19)28-23-18-20(29(25,26)27)16-17-21(23)24;/h11-12,14-18,24H,2-10,13H2,1H3,(H,25,26,27);/q;+1/p-1. The smallest absolute Gasteiger partial charge is 0.870 e. The van der Waals surface area contributed by atoms with E-state index in [1.165, 1.54) is 44.9 Å². The summed E-state index contributed by atoms with van der Waals surface area (Å²) in [6, 6.07) is 10.7. The van der Waals surface area contributed by atoms with Crippen LogP contribution in [-0.4, -0.2) is 13.0 Å². The van der Waals surface area contributed by atoms with Gasteiger partial charge in [-0.15, -0.1) is 0 Å². The van der Waals surface area contributed by atoms with Crippen molar-refractivity contribution in [3.63, 3.8) is 0 Å². The molecule has 0 aliphatic carbocycles. The molecule has 7 heteroatoms. The first kappa shape index (κ1) is 27.6. The zero-order valence-electron chi connectivity index (χ0n) is 18.1. The number of para-hydroxylation sites is 1. The van der Waals surface area contributed by atoms with Crippen LogP contribution in [0.5, 0.6) is 17.2 Å². The van der Waals surface area contributed by atoms with Gasteiger partial charge in [-0.05, 0) is 30.5 Å². The van der Waals surface area contributed by atoms with Gasteiger partial charge in [0.15, 0.2) is 0 Å². The summed E-state index contributed by atoms with van der Waals surface area (Å²) in [6.07, 6.45) is 12.1. The molecule has 0 atom stereocenters. The maximum absolute atomic E-state index is 12.0.